The van der Waals surface area contributed by atoms with Gasteiger partial charge in [0.25, 0.3) is 0 Å². The van der Waals surface area contributed by atoms with E-state index in [-0.39, 0.29) is 16.2 Å². The van der Waals surface area contributed by atoms with Crippen LogP contribution in [0.1, 0.15) is 72.1 Å². The van der Waals surface area contributed by atoms with Gasteiger partial charge >= 0.3 is 0 Å². The summed E-state index contributed by atoms with van der Waals surface area (Å²) in [7, 11) is 0. The number of rotatable bonds is 0. The lowest BCUT2D eigenvalue weighted by atomic mass is 9.40. The van der Waals surface area contributed by atoms with Crippen LogP contribution in [0.2, 0.25) is 0 Å². The summed E-state index contributed by atoms with van der Waals surface area (Å²) < 4.78 is 0. The van der Waals surface area contributed by atoms with E-state index in [9.17, 15) is 9.90 Å². The van der Waals surface area contributed by atoms with Gasteiger partial charge in [-0.2, -0.15) is 0 Å². The fraction of sp³-hybridized carbons (Fsp3) is 0.850. The van der Waals surface area contributed by atoms with Gasteiger partial charge in [0.05, 0.1) is 5.60 Å². The third-order valence-electron chi connectivity index (χ3n) is 8.37. The minimum atomic E-state index is -0.632. The molecule has 0 aromatic rings. The quantitative estimate of drug-likeness (QED) is 0.679. The van der Waals surface area contributed by atoms with Crippen LogP contribution in [-0.4, -0.2) is 16.5 Å². The molecule has 4 aliphatic rings. The van der Waals surface area contributed by atoms with Crippen molar-refractivity contribution in [2.75, 3.05) is 0 Å². The van der Waals surface area contributed by atoms with Crippen molar-refractivity contribution in [3.8, 4) is 0 Å². The molecule has 22 heavy (non-hydrogen) atoms. The van der Waals surface area contributed by atoms with Crippen molar-refractivity contribution >= 4 is 5.78 Å². The lowest BCUT2D eigenvalue weighted by molar-refractivity contribution is -0.176. The number of carbonyl (C=O) groups is 1. The Balaban J connectivity index is 1.80. The van der Waals surface area contributed by atoms with E-state index in [1.807, 2.05) is 0 Å². The van der Waals surface area contributed by atoms with Crippen LogP contribution in [0.25, 0.3) is 0 Å². The molecule has 0 radical (unpaired) electrons. The van der Waals surface area contributed by atoms with E-state index in [0.717, 1.165) is 50.5 Å². The standard InChI is InChI=1S/C20H30O2/c1-13-11-19-9-5-14-17(2,3)8-7-16(21)18(14,4)15(19)6-10-20(13,22)12-19/h14-15,22H,1,5-12H2,2-4H3/t14-,15+,18-,19+,20-/m1/s1. The molecule has 1 N–H and O–H groups in total. The van der Waals surface area contributed by atoms with Gasteiger partial charge in [-0.05, 0) is 73.2 Å². The third kappa shape index (κ3) is 1.58. The zero-order valence-electron chi connectivity index (χ0n) is 14.4. The molecule has 0 heterocycles. The molecule has 4 fully saturated rings. The zero-order chi connectivity index (χ0) is 16.0. The Morgan fingerprint density at radius 1 is 1.09 bits per heavy atom. The highest BCUT2D eigenvalue weighted by molar-refractivity contribution is 5.86. The average molecular weight is 302 g/mol. The van der Waals surface area contributed by atoms with Crippen LogP contribution in [0.15, 0.2) is 12.2 Å². The highest BCUT2D eigenvalue weighted by atomic mass is 16.3. The van der Waals surface area contributed by atoms with E-state index >= 15 is 0 Å². The van der Waals surface area contributed by atoms with Gasteiger partial charge < -0.3 is 5.11 Å². The maximum atomic E-state index is 13.0. The summed E-state index contributed by atoms with van der Waals surface area (Å²) in [5, 5.41) is 10.9. The summed E-state index contributed by atoms with van der Waals surface area (Å²) in [6.45, 7) is 11.2. The first-order valence-electron chi connectivity index (χ1n) is 9.08. The maximum absolute atomic E-state index is 13.0. The first-order valence-corrected chi connectivity index (χ1v) is 9.08. The normalized spacial score (nSPS) is 53.1. The summed E-state index contributed by atoms with van der Waals surface area (Å²) in [5.41, 5.74) is 0.657. The van der Waals surface area contributed by atoms with E-state index in [0.29, 0.717) is 17.6 Å². The average Bonchev–Trinajstić information content (AvgIpc) is 2.60. The molecule has 2 bridgehead atoms. The van der Waals surface area contributed by atoms with Gasteiger partial charge in [0.1, 0.15) is 5.78 Å². The molecule has 0 aromatic carbocycles. The predicted molar refractivity (Wildman–Crippen MR) is 87.3 cm³/mol. The Hall–Kier alpha value is -0.630. The van der Waals surface area contributed by atoms with Crippen LogP contribution in [0.5, 0.6) is 0 Å². The zero-order valence-corrected chi connectivity index (χ0v) is 14.4. The molecule has 5 atom stereocenters. The van der Waals surface area contributed by atoms with Crippen molar-refractivity contribution in [3.63, 3.8) is 0 Å². The molecule has 4 saturated carbocycles. The number of hydrogen-bond donors (Lipinski definition) is 1. The van der Waals surface area contributed by atoms with Crippen LogP contribution in [0.4, 0.5) is 0 Å². The van der Waals surface area contributed by atoms with Crippen molar-refractivity contribution in [1.82, 2.24) is 0 Å². The molecule has 2 nitrogen and oxygen atoms in total. The molecule has 1 spiro atoms. The summed E-state index contributed by atoms with van der Waals surface area (Å²) in [6.07, 6.45) is 7.74. The number of aliphatic hydroxyl groups is 1. The smallest absolute Gasteiger partial charge is 0.139 e. The fourth-order valence-electron chi connectivity index (χ4n) is 7.29. The van der Waals surface area contributed by atoms with E-state index < -0.39 is 5.60 Å². The predicted octanol–water partition coefficient (Wildman–Crippen LogP) is 4.27. The lowest BCUT2D eigenvalue weighted by Crippen LogP contribution is -2.60. The Morgan fingerprint density at radius 2 is 1.77 bits per heavy atom. The molecule has 2 heteroatoms. The maximum Gasteiger partial charge on any atom is 0.139 e. The van der Waals surface area contributed by atoms with Gasteiger partial charge in [0.2, 0.25) is 0 Å². The SMILES string of the molecule is C=C1C[C@]23CC[C@@H]4C(C)(C)CCC(=O)[C@@]4(C)[C@@H]2CC[C@@]1(O)C3. The molecule has 4 aliphatic carbocycles. The largest absolute Gasteiger partial charge is 0.386 e. The topological polar surface area (TPSA) is 37.3 Å². The number of Topliss-reactive ketones (excluding diaryl/α,β-unsaturated/α-hetero) is 1. The highest BCUT2D eigenvalue weighted by Gasteiger charge is 2.68. The first-order chi connectivity index (χ1) is 10.1. The van der Waals surface area contributed by atoms with Crippen molar-refractivity contribution < 1.29 is 9.90 Å². The molecular formula is C20H30O2. The van der Waals surface area contributed by atoms with Gasteiger partial charge in [-0.1, -0.05) is 27.4 Å². The number of carbonyl (C=O) groups excluding carboxylic acids is 1. The van der Waals surface area contributed by atoms with Gasteiger partial charge in [-0.3, -0.25) is 4.79 Å². The monoisotopic (exact) mass is 302 g/mol. The fourth-order valence-corrected chi connectivity index (χ4v) is 7.29. The van der Waals surface area contributed by atoms with Crippen molar-refractivity contribution in [2.24, 2.45) is 28.1 Å². The second kappa shape index (κ2) is 4.06. The second-order valence-corrected chi connectivity index (χ2v) is 9.73. The summed E-state index contributed by atoms with van der Waals surface area (Å²) in [4.78, 5) is 13.0. The van der Waals surface area contributed by atoms with Crippen molar-refractivity contribution in [2.45, 2.75) is 77.7 Å². The van der Waals surface area contributed by atoms with E-state index in [2.05, 4.69) is 27.4 Å². The van der Waals surface area contributed by atoms with E-state index in [4.69, 9.17) is 0 Å². The molecule has 0 aliphatic heterocycles. The van der Waals surface area contributed by atoms with Crippen molar-refractivity contribution in [1.29, 1.82) is 0 Å². The summed E-state index contributed by atoms with van der Waals surface area (Å²) >= 11 is 0. The van der Waals surface area contributed by atoms with E-state index in [1.54, 1.807) is 0 Å². The lowest BCUT2D eigenvalue weighted by Gasteiger charge is -2.63. The number of fused-ring (bicyclic) bond motifs is 3. The van der Waals surface area contributed by atoms with Crippen LogP contribution >= 0.6 is 0 Å². The van der Waals surface area contributed by atoms with Crippen LogP contribution in [0.3, 0.4) is 0 Å². The molecular weight excluding hydrogens is 272 g/mol. The highest BCUT2D eigenvalue weighted by Crippen LogP contribution is 2.71. The minimum absolute atomic E-state index is 0.151. The van der Waals surface area contributed by atoms with Gasteiger partial charge in [0.15, 0.2) is 0 Å². The third-order valence-corrected chi connectivity index (χ3v) is 8.37. The Kier molecular flexibility index (Phi) is 2.76. The number of hydrogen-bond acceptors (Lipinski definition) is 2. The summed E-state index contributed by atoms with van der Waals surface area (Å²) in [6, 6.07) is 0. The molecule has 0 saturated heterocycles. The molecule has 4 rings (SSSR count). The Labute approximate surface area is 134 Å². The van der Waals surface area contributed by atoms with E-state index in [1.165, 1.54) is 6.42 Å². The van der Waals surface area contributed by atoms with Crippen LogP contribution in [0, 0.1) is 28.1 Å². The molecule has 0 amide bonds. The van der Waals surface area contributed by atoms with Crippen LogP contribution in [-0.2, 0) is 4.79 Å². The van der Waals surface area contributed by atoms with Crippen LogP contribution < -0.4 is 0 Å². The van der Waals surface area contributed by atoms with Gasteiger partial charge in [-0.25, -0.2) is 0 Å². The Morgan fingerprint density at radius 3 is 2.50 bits per heavy atom. The second-order valence-electron chi connectivity index (χ2n) is 9.73. The van der Waals surface area contributed by atoms with Crippen molar-refractivity contribution in [3.05, 3.63) is 12.2 Å². The minimum Gasteiger partial charge on any atom is -0.386 e. The van der Waals surface area contributed by atoms with Gasteiger partial charge in [0, 0.05) is 11.8 Å². The number of ketones is 1. The Bertz CT molecular complexity index is 562. The molecule has 0 aromatic heterocycles. The molecule has 122 valence electrons. The first kappa shape index (κ1) is 14.9. The summed E-state index contributed by atoms with van der Waals surface area (Å²) in [5.74, 6) is 1.46. The molecule has 0 unspecified atom stereocenters. The van der Waals surface area contributed by atoms with Gasteiger partial charge in [-0.15, -0.1) is 0 Å².